The normalized spacial score (nSPS) is 10.7. The number of carbonyl (C=O) groups excluding carboxylic acids is 1. The Kier molecular flexibility index (Phi) is 6.04. The monoisotopic (exact) mass is 404 g/mol. The zero-order valence-corrected chi connectivity index (χ0v) is 16.4. The van der Waals surface area contributed by atoms with E-state index in [1.807, 2.05) is 24.3 Å². The van der Waals surface area contributed by atoms with Crippen LogP contribution in [0.25, 0.3) is 0 Å². The maximum Gasteiger partial charge on any atom is 0.278 e. The lowest BCUT2D eigenvalue weighted by Gasteiger charge is -2.09. The Morgan fingerprint density at radius 2 is 1.93 bits per heavy atom. The number of hydrogen-bond acceptors (Lipinski definition) is 4. The van der Waals surface area contributed by atoms with E-state index in [2.05, 4.69) is 17.4 Å². The van der Waals surface area contributed by atoms with Crippen LogP contribution < -0.4 is 10.1 Å². The summed E-state index contributed by atoms with van der Waals surface area (Å²) < 4.78 is 11.0. The van der Waals surface area contributed by atoms with E-state index in [0.29, 0.717) is 27.8 Å². The van der Waals surface area contributed by atoms with Gasteiger partial charge in [-0.05, 0) is 43.2 Å². The van der Waals surface area contributed by atoms with Gasteiger partial charge >= 0.3 is 0 Å². The third kappa shape index (κ3) is 4.43. The van der Waals surface area contributed by atoms with Crippen molar-refractivity contribution in [3.63, 3.8) is 0 Å². The molecule has 5 nitrogen and oxygen atoms in total. The lowest BCUT2D eigenvalue weighted by molar-refractivity contribution is 0.101. The molecule has 0 unspecified atom stereocenters. The molecule has 0 saturated carbocycles. The fourth-order valence-electron chi connectivity index (χ4n) is 2.50. The molecule has 0 bridgehead atoms. The van der Waals surface area contributed by atoms with Crippen LogP contribution in [0, 0.1) is 6.92 Å². The average Bonchev–Trinajstić information content (AvgIpc) is 3.05. The highest BCUT2D eigenvalue weighted by Crippen LogP contribution is 2.30. The van der Waals surface area contributed by atoms with Crippen LogP contribution in [0.5, 0.6) is 5.75 Å². The van der Waals surface area contributed by atoms with Crippen molar-refractivity contribution in [2.45, 2.75) is 26.9 Å². The summed E-state index contributed by atoms with van der Waals surface area (Å²) in [5.74, 6) is 0.774. The van der Waals surface area contributed by atoms with Crippen LogP contribution in [0.4, 0.5) is 5.69 Å². The van der Waals surface area contributed by atoms with Gasteiger partial charge in [-0.2, -0.15) is 0 Å². The third-order valence-corrected chi connectivity index (χ3v) is 4.93. The van der Waals surface area contributed by atoms with Crippen molar-refractivity contribution in [1.29, 1.82) is 0 Å². The number of rotatable bonds is 6. The molecule has 3 aromatic rings. The minimum atomic E-state index is -0.448. The fourth-order valence-corrected chi connectivity index (χ4v) is 2.85. The van der Waals surface area contributed by atoms with Crippen molar-refractivity contribution in [2.24, 2.45) is 0 Å². The van der Waals surface area contributed by atoms with Crippen molar-refractivity contribution in [1.82, 2.24) is 5.16 Å². The summed E-state index contributed by atoms with van der Waals surface area (Å²) >= 11 is 12.1. The highest BCUT2D eigenvalue weighted by molar-refractivity contribution is 6.44. The largest absolute Gasteiger partial charge is 0.489 e. The molecule has 0 aliphatic carbocycles. The summed E-state index contributed by atoms with van der Waals surface area (Å²) in [6.07, 6.45) is 0.960. The number of carbonyl (C=O) groups is 1. The summed E-state index contributed by atoms with van der Waals surface area (Å²) in [4.78, 5) is 12.6. The molecule has 27 heavy (non-hydrogen) atoms. The smallest absolute Gasteiger partial charge is 0.278 e. The van der Waals surface area contributed by atoms with Gasteiger partial charge in [-0.1, -0.05) is 53.5 Å². The first-order valence-corrected chi connectivity index (χ1v) is 9.17. The molecule has 2 aromatic carbocycles. The van der Waals surface area contributed by atoms with E-state index in [1.165, 1.54) is 5.56 Å². The summed E-state index contributed by atoms with van der Waals surface area (Å²) in [6, 6.07) is 12.8. The number of hydrogen-bond donors (Lipinski definition) is 1. The minimum absolute atomic E-state index is 0.147. The second kappa shape index (κ2) is 8.46. The average molecular weight is 405 g/mol. The molecule has 140 valence electrons. The third-order valence-electron chi connectivity index (χ3n) is 4.11. The van der Waals surface area contributed by atoms with Crippen molar-refractivity contribution in [3.8, 4) is 5.75 Å². The first kappa shape index (κ1) is 19.3. The maximum absolute atomic E-state index is 12.6. The molecule has 7 heteroatoms. The Hall–Kier alpha value is -2.50. The van der Waals surface area contributed by atoms with Gasteiger partial charge in [-0.3, -0.25) is 4.79 Å². The van der Waals surface area contributed by atoms with Gasteiger partial charge in [-0.15, -0.1) is 0 Å². The van der Waals surface area contributed by atoms with E-state index >= 15 is 0 Å². The lowest BCUT2D eigenvalue weighted by atomic mass is 10.1. The van der Waals surface area contributed by atoms with Gasteiger partial charge in [0.1, 0.15) is 18.1 Å². The lowest BCUT2D eigenvalue weighted by Crippen LogP contribution is -2.15. The second-order valence-corrected chi connectivity index (χ2v) is 6.69. The molecular weight excluding hydrogens is 387 g/mol. The number of aromatic nitrogens is 1. The van der Waals surface area contributed by atoms with E-state index in [0.717, 1.165) is 6.42 Å². The first-order valence-electron chi connectivity index (χ1n) is 8.41. The van der Waals surface area contributed by atoms with Gasteiger partial charge in [-0.25, -0.2) is 0 Å². The molecule has 0 atom stereocenters. The van der Waals surface area contributed by atoms with Crippen LogP contribution >= 0.6 is 23.2 Å². The van der Waals surface area contributed by atoms with Gasteiger partial charge in [0, 0.05) is 0 Å². The molecule has 0 fully saturated rings. The standard InChI is InChI=1S/C20H18Cl2N2O3/c1-3-13-7-9-14(10-8-13)26-11-15-12(2)27-24-19(15)20(25)23-17-6-4-5-16(21)18(17)22/h4-10H,3,11H2,1-2H3,(H,23,25). The molecule has 0 aliphatic heterocycles. The quantitative estimate of drug-likeness (QED) is 0.573. The number of nitrogens with zero attached hydrogens (tertiary/aromatic N) is 1. The summed E-state index contributed by atoms with van der Waals surface area (Å²) in [7, 11) is 0. The van der Waals surface area contributed by atoms with E-state index in [-0.39, 0.29) is 17.3 Å². The van der Waals surface area contributed by atoms with Crippen LogP contribution in [0.15, 0.2) is 47.0 Å². The summed E-state index contributed by atoms with van der Waals surface area (Å²) in [5.41, 5.74) is 2.35. The van der Waals surface area contributed by atoms with E-state index in [4.69, 9.17) is 32.5 Å². The van der Waals surface area contributed by atoms with Crippen molar-refractivity contribution >= 4 is 34.8 Å². The highest BCUT2D eigenvalue weighted by atomic mass is 35.5. The summed E-state index contributed by atoms with van der Waals surface area (Å²) in [5, 5.41) is 7.18. The molecule has 0 spiro atoms. The molecule has 1 amide bonds. The van der Waals surface area contributed by atoms with Crippen molar-refractivity contribution in [2.75, 3.05) is 5.32 Å². The fraction of sp³-hybridized carbons (Fsp3) is 0.200. The molecular formula is C20H18Cl2N2O3. The Morgan fingerprint density at radius 3 is 2.63 bits per heavy atom. The van der Waals surface area contributed by atoms with Gasteiger partial charge < -0.3 is 14.6 Å². The molecule has 1 aromatic heterocycles. The molecule has 3 rings (SSSR count). The zero-order valence-electron chi connectivity index (χ0n) is 14.9. The molecule has 1 heterocycles. The van der Waals surface area contributed by atoms with Crippen molar-refractivity contribution in [3.05, 3.63) is 75.1 Å². The van der Waals surface area contributed by atoms with Gasteiger partial charge in [0.05, 0.1) is 21.3 Å². The topological polar surface area (TPSA) is 64.4 Å². The van der Waals surface area contributed by atoms with Gasteiger partial charge in [0.15, 0.2) is 5.69 Å². The second-order valence-electron chi connectivity index (χ2n) is 5.91. The Morgan fingerprint density at radius 1 is 1.19 bits per heavy atom. The number of halogens is 2. The Balaban J connectivity index is 1.75. The summed E-state index contributed by atoms with van der Waals surface area (Å²) in [6.45, 7) is 3.98. The number of aryl methyl sites for hydroxylation is 2. The predicted octanol–water partition coefficient (Wildman–Crippen LogP) is 5.68. The van der Waals surface area contributed by atoms with Crippen LogP contribution in [0.3, 0.4) is 0 Å². The number of anilines is 1. The Bertz CT molecular complexity index is 952. The van der Waals surface area contributed by atoms with E-state index < -0.39 is 5.91 Å². The molecule has 0 radical (unpaired) electrons. The number of amides is 1. The molecule has 1 N–H and O–H groups in total. The van der Waals surface area contributed by atoms with Gasteiger partial charge in [0.2, 0.25) is 0 Å². The van der Waals surface area contributed by atoms with Gasteiger partial charge in [0.25, 0.3) is 5.91 Å². The van der Waals surface area contributed by atoms with E-state index in [1.54, 1.807) is 25.1 Å². The van der Waals surface area contributed by atoms with Crippen LogP contribution in [0.1, 0.15) is 34.3 Å². The Labute approximate surface area is 167 Å². The molecule has 0 aliphatic rings. The number of nitrogens with one attached hydrogen (secondary N) is 1. The van der Waals surface area contributed by atoms with Crippen LogP contribution in [0.2, 0.25) is 10.0 Å². The van der Waals surface area contributed by atoms with Crippen LogP contribution in [-0.4, -0.2) is 11.1 Å². The first-order chi connectivity index (χ1) is 13.0. The van der Waals surface area contributed by atoms with Crippen LogP contribution in [-0.2, 0) is 13.0 Å². The van der Waals surface area contributed by atoms with Crippen molar-refractivity contribution < 1.29 is 14.1 Å². The molecule has 0 saturated heterocycles. The maximum atomic E-state index is 12.6. The zero-order chi connectivity index (χ0) is 19.4. The number of ether oxygens (including phenoxy) is 1. The highest BCUT2D eigenvalue weighted by Gasteiger charge is 2.21. The number of benzene rings is 2. The van der Waals surface area contributed by atoms with E-state index in [9.17, 15) is 4.79 Å². The predicted molar refractivity (Wildman–Crippen MR) is 106 cm³/mol. The minimum Gasteiger partial charge on any atom is -0.489 e. The SMILES string of the molecule is CCc1ccc(OCc2c(C(=O)Nc3cccc(Cl)c3Cl)noc2C)cc1.